The van der Waals surface area contributed by atoms with E-state index in [1.165, 1.54) is 18.6 Å². The maximum Gasteiger partial charge on any atom is 0.289 e. The van der Waals surface area contributed by atoms with Crippen molar-refractivity contribution in [1.29, 1.82) is 0 Å². The lowest BCUT2D eigenvalue weighted by atomic mass is 9.89. The van der Waals surface area contributed by atoms with Crippen LogP contribution in [0.5, 0.6) is 5.75 Å². The Hall–Kier alpha value is -1.67. The number of amides is 2. The number of hydrogen-bond acceptors (Lipinski definition) is 5. The van der Waals surface area contributed by atoms with Gasteiger partial charge in [0.15, 0.2) is 5.76 Å². The van der Waals surface area contributed by atoms with Crippen LogP contribution in [0.4, 0.5) is 0 Å². The fraction of sp³-hybridized carbons (Fsp3) is 0.600. The van der Waals surface area contributed by atoms with Gasteiger partial charge in [-0.05, 0) is 83.3 Å². The molecule has 1 aromatic carbocycles. The number of nitrogens with zero attached hydrogens (tertiary/aromatic N) is 1. The predicted molar refractivity (Wildman–Crippen MR) is 137 cm³/mol. The molecule has 33 heavy (non-hydrogen) atoms. The highest BCUT2D eigenvalue weighted by Crippen LogP contribution is 2.34. The summed E-state index contributed by atoms with van der Waals surface area (Å²) in [6.45, 7) is 2.92. The van der Waals surface area contributed by atoms with Crippen LogP contribution in [0.3, 0.4) is 0 Å². The third-order valence-corrected chi connectivity index (χ3v) is 7.81. The van der Waals surface area contributed by atoms with E-state index in [1.54, 1.807) is 18.1 Å². The van der Waals surface area contributed by atoms with Crippen LogP contribution in [0.1, 0.15) is 57.4 Å². The lowest BCUT2D eigenvalue weighted by molar-refractivity contribution is -0.151. The number of rotatable bonds is 11. The van der Waals surface area contributed by atoms with Crippen LogP contribution in [-0.4, -0.2) is 60.6 Å². The van der Waals surface area contributed by atoms with Crippen molar-refractivity contribution in [2.45, 2.75) is 64.0 Å². The molecule has 2 aliphatic rings. The van der Waals surface area contributed by atoms with E-state index in [2.05, 4.69) is 28.2 Å². The second-order valence-corrected chi connectivity index (χ2v) is 10.6. The Kier molecular flexibility index (Phi) is 10.4. The van der Waals surface area contributed by atoms with Crippen molar-refractivity contribution in [3.63, 3.8) is 0 Å². The molecule has 3 rings (SSSR count). The molecule has 2 unspecified atom stereocenters. The molecule has 2 amide bonds. The fourth-order valence-electron chi connectivity index (χ4n) is 4.25. The molecule has 0 radical (unpaired) electrons. The molecule has 8 heteroatoms. The number of carbonyl (C=O) groups excluding carboxylic acids is 2. The number of thioether (sulfide) groups is 1. The van der Waals surface area contributed by atoms with E-state index < -0.39 is 0 Å². The maximum absolute atomic E-state index is 13.3. The summed E-state index contributed by atoms with van der Waals surface area (Å²) in [6, 6.07) is 5.58. The van der Waals surface area contributed by atoms with Gasteiger partial charge in [0.25, 0.3) is 5.91 Å². The number of nitrogens with one attached hydrogen (secondary N) is 1. The van der Waals surface area contributed by atoms with Crippen molar-refractivity contribution in [2.24, 2.45) is 0 Å². The van der Waals surface area contributed by atoms with Crippen LogP contribution < -0.4 is 10.1 Å². The van der Waals surface area contributed by atoms with E-state index in [0.29, 0.717) is 12.3 Å². The van der Waals surface area contributed by atoms with Gasteiger partial charge in [0.2, 0.25) is 5.91 Å². The third-order valence-electron chi connectivity index (χ3n) is 6.04. The average molecular weight is 540 g/mol. The van der Waals surface area contributed by atoms with Crippen LogP contribution in [-0.2, 0) is 14.3 Å². The second-order valence-electron chi connectivity index (χ2n) is 8.51. The number of morpholine rings is 1. The van der Waals surface area contributed by atoms with E-state index in [1.807, 2.05) is 30.0 Å². The van der Waals surface area contributed by atoms with E-state index in [0.717, 1.165) is 53.6 Å². The molecule has 2 atom stereocenters. The van der Waals surface area contributed by atoms with E-state index in [4.69, 9.17) is 9.47 Å². The molecule has 1 saturated heterocycles. The van der Waals surface area contributed by atoms with Crippen molar-refractivity contribution in [1.82, 2.24) is 10.2 Å². The second kappa shape index (κ2) is 13.3. The Morgan fingerprint density at radius 2 is 2.09 bits per heavy atom. The van der Waals surface area contributed by atoms with Crippen molar-refractivity contribution in [2.75, 3.05) is 31.7 Å². The smallest absolute Gasteiger partial charge is 0.289 e. The first-order valence-corrected chi connectivity index (χ1v) is 13.9. The monoisotopic (exact) mass is 538 g/mol. The van der Waals surface area contributed by atoms with Gasteiger partial charge < -0.3 is 19.7 Å². The number of benzene rings is 1. The third kappa shape index (κ3) is 7.41. The number of methoxy groups -OCH3 is 1. The minimum absolute atomic E-state index is 0.0404. The minimum atomic E-state index is -0.213. The van der Waals surface area contributed by atoms with Gasteiger partial charge in [0, 0.05) is 6.54 Å². The number of unbranched alkanes of at least 4 members (excludes halogenated alkanes) is 1. The molecule has 1 aliphatic carbocycles. The van der Waals surface area contributed by atoms with E-state index in [-0.39, 0.29) is 30.5 Å². The number of halogens is 1. The SMILES string of the molecule is CCCCSCCCNC(=O)CN1C(=O)/C(=C/c2ccc(OC)c(Br)c2)OC2CCCCC21. The van der Waals surface area contributed by atoms with Gasteiger partial charge in [0.05, 0.1) is 17.6 Å². The zero-order valence-corrected chi connectivity index (χ0v) is 22.0. The summed E-state index contributed by atoms with van der Waals surface area (Å²) in [7, 11) is 1.61. The van der Waals surface area contributed by atoms with Crippen LogP contribution in [0.25, 0.3) is 6.08 Å². The highest BCUT2D eigenvalue weighted by Gasteiger charge is 2.42. The summed E-state index contributed by atoms with van der Waals surface area (Å²) in [4.78, 5) is 27.7. The van der Waals surface area contributed by atoms with Crippen LogP contribution in [0.15, 0.2) is 28.4 Å². The number of fused-ring (bicyclic) bond motifs is 1. The fourth-order valence-corrected chi connectivity index (χ4v) is 5.85. The summed E-state index contributed by atoms with van der Waals surface area (Å²) in [5.74, 6) is 2.94. The molecule has 0 bridgehead atoms. The van der Waals surface area contributed by atoms with Crippen molar-refractivity contribution in [3.8, 4) is 5.75 Å². The summed E-state index contributed by atoms with van der Waals surface area (Å²) < 4.78 is 12.2. The lowest BCUT2D eigenvalue weighted by Gasteiger charge is -2.44. The normalized spacial score (nSPS) is 21.5. The molecule has 1 N–H and O–H groups in total. The first-order valence-electron chi connectivity index (χ1n) is 11.9. The highest BCUT2D eigenvalue weighted by molar-refractivity contribution is 9.10. The van der Waals surface area contributed by atoms with Crippen LogP contribution >= 0.6 is 27.7 Å². The molecule has 0 aromatic heterocycles. The topological polar surface area (TPSA) is 67.9 Å². The Morgan fingerprint density at radius 1 is 1.30 bits per heavy atom. The number of carbonyl (C=O) groups is 2. The Labute approximate surface area is 210 Å². The van der Waals surface area contributed by atoms with Crippen LogP contribution in [0.2, 0.25) is 0 Å². The zero-order valence-electron chi connectivity index (χ0n) is 19.6. The molecular weight excluding hydrogens is 504 g/mol. The van der Waals surface area contributed by atoms with Crippen molar-refractivity contribution < 1.29 is 19.1 Å². The number of hydrogen-bond donors (Lipinski definition) is 1. The van der Waals surface area contributed by atoms with E-state index in [9.17, 15) is 9.59 Å². The van der Waals surface area contributed by atoms with E-state index >= 15 is 0 Å². The van der Waals surface area contributed by atoms with Gasteiger partial charge in [-0.2, -0.15) is 11.8 Å². The summed E-state index contributed by atoms with van der Waals surface area (Å²) in [6.07, 6.45) is 8.99. The minimum Gasteiger partial charge on any atom is -0.496 e. The first kappa shape index (κ1) is 25.9. The summed E-state index contributed by atoms with van der Waals surface area (Å²) in [5, 5.41) is 3.00. The first-order chi connectivity index (χ1) is 16.0. The lowest BCUT2D eigenvalue weighted by Crippen LogP contribution is -2.57. The Balaban J connectivity index is 1.63. The molecule has 182 valence electrons. The molecule has 6 nitrogen and oxygen atoms in total. The van der Waals surface area contributed by atoms with Gasteiger partial charge in [-0.1, -0.05) is 25.8 Å². The zero-order chi connectivity index (χ0) is 23.6. The molecule has 2 fully saturated rings. The quantitative estimate of drug-likeness (QED) is 0.317. The molecule has 1 heterocycles. The number of ether oxygens (including phenoxy) is 2. The van der Waals surface area contributed by atoms with Gasteiger partial charge in [0.1, 0.15) is 18.4 Å². The van der Waals surface area contributed by atoms with Gasteiger partial charge >= 0.3 is 0 Å². The molecular formula is C25H35BrN2O4S. The van der Waals surface area contributed by atoms with Gasteiger partial charge in [-0.15, -0.1) is 0 Å². The standard InChI is InChI=1S/C25H35BrN2O4S/c1-3-4-13-33-14-7-12-27-24(29)17-28-20-8-5-6-9-22(20)32-23(25(28)30)16-18-10-11-21(31-2)19(26)15-18/h10-11,15-16,20,22H,3-9,12-14,17H2,1-2H3,(H,27,29)/b23-16-. The summed E-state index contributed by atoms with van der Waals surface area (Å²) in [5.41, 5.74) is 0.838. The molecule has 1 aromatic rings. The van der Waals surface area contributed by atoms with Gasteiger partial charge in [-0.25, -0.2) is 0 Å². The van der Waals surface area contributed by atoms with Crippen molar-refractivity contribution >= 4 is 45.6 Å². The molecule has 0 spiro atoms. The average Bonchev–Trinajstić information content (AvgIpc) is 2.81. The molecule has 1 saturated carbocycles. The van der Waals surface area contributed by atoms with Gasteiger partial charge in [-0.3, -0.25) is 9.59 Å². The highest BCUT2D eigenvalue weighted by atomic mass is 79.9. The van der Waals surface area contributed by atoms with Crippen molar-refractivity contribution in [3.05, 3.63) is 34.0 Å². The largest absolute Gasteiger partial charge is 0.496 e. The van der Waals surface area contributed by atoms with Crippen LogP contribution in [0, 0.1) is 0 Å². The summed E-state index contributed by atoms with van der Waals surface area (Å²) >= 11 is 5.42. The maximum atomic E-state index is 13.3. The Morgan fingerprint density at radius 3 is 2.85 bits per heavy atom. The Bertz CT molecular complexity index is 848. The molecule has 1 aliphatic heterocycles. The predicted octanol–water partition coefficient (Wildman–Crippen LogP) is 5.01.